The van der Waals surface area contributed by atoms with E-state index >= 15 is 0 Å². The lowest BCUT2D eigenvalue weighted by Crippen LogP contribution is -2.08. The third-order valence-electron chi connectivity index (χ3n) is 3.39. The van der Waals surface area contributed by atoms with E-state index in [0.717, 1.165) is 34.9 Å². The number of aryl methyl sites for hydroxylation is 1. The van der Waals surface area contributed by atoms with Crippen molar-refractivity contribution in [3.8, 4) is 11.3 Å². The quantitative estimate of drug-likeness (QED) is 0.908. The maximum Gasteiger partial charge on any atom is 0.131 e. The van der Waals surface area contributed by atoms with Crippen molar-refractivity contribution in [1.82, 2.24) is 9.55 Å². The van der Waals surface area contributed by atoms with E-state index in [0.29, 0.717) is 12.6 Å². The first-order valence-corrected chi connectivity index (χ1v) is 7.03. The molecule has 20 heavy (non-hydrogen) atoms. The highest BCUT2D eigenvalue weighted by atomic mass is 16.5. The molecule has 4 nitrogen and oxygen atoms in total. The number of ether oxygens (including phenoxy) is 1. The minimum absolute atomic E-state index is 0.318. The van der Waals surface area contributed by atoms with Crippen LogP contribution in [0.1, 0.15) is 38.2 Å². The van der Waals surface area contributed by atoms with Crippen molar-refractivity contribution >= 4 is 5.82 Å². The fourth-order valence-electron chi connectivity index (χ4n) is 2.46. The Balaban J connectivity index is 2.42. The van der Waals surface area contributed by atoms with Gasteiger partial charge in [0.2, 0.25) is 0 Å². The van der Waals surface area contributed by atoms with Crippen LogP contribution in [0.4, 0.5) is 5.82 Å². The van der Waals surface area contributed by atoms with E-state index in [1.807, 2.05) is 0 Å². The van der Waals surface area contributed by atoms with E-state index < -0.39 is 0 Å². The summed E-state index contributed by atoms with van der Waals surface area (Å²) in [4.78, 5) is 4.70. The van der Waals surface area contributed by atoms with Crippen LogP contribution in [0.3, 0.4) is 0 Å². The number of nitrogens with two attached hydrogens (primary N) is 1. The highest BCUT2D eigenvalue weighted by Crippen LogP contribution is 2.29. The van der Waals surface area contributed by atoms with Crippen molar-refractivity contribution in [2.45, 2.75) is 39.8 Å². The summed E-state index contributed by atoms with van der Waals surface area (Å²) in [6.07, 6.45) is 0.879. The Morgan fingerprint density at radius 2 is 1.90 bits per heavy atom. The third-order valence-corrected chi connectivity index (χ3v) is 3.39. The second-order valence-electron chi connectivity index (χ2n) is 5.21. The topological polar surface area (TPSA) is 53.1 Å². The molecule has 1 aromatic carbocycles. The van der Waals surface area contributed by atoms with Crippen molar-refractivity contribution in [3.05, 3.63) is 35.7 Å². The molecule has 4 heteroatoms. The average Bonchev–Trinajstić information content (AvgIpc) is 2.77. The minimum atomic E-state index is 0.318. The number of aromatic nitrogens is 2. The standard InChI is InChI=1S/C16H23N3O/c1-5-14-18-15(16(17)19(14)11(2)3)13-8-6-12(7-9-13)10-20-4/h6-9,11H,5,10,17H2,1-4H3. The molecule has 2 rings (SSSR count). The maximum absolute atomic E-state index is 6.29. The fraction of sp³-hybridized carbons (Fsp3) is 0.438. The van der Waals surface area contributed by atoms with Crippen LogP contribution in [-0.2, 0) is 17.8 Å². The summed E-state index contributed by atoms with van der Waals surface area (Å²) < 4.78 is 7.23. The number of methoxy groups -OCH3 is 1. The Morgan fingerprint density at radius 1 is 1.25 bits per heavy atom. The molecule has 0 bridgehead atoms. The number of hydrogen-bond donors (Lipinski definition) is 1. The van der Waals surface area contributed by atoms with Gasteiger partial charge in [-0.3, -0.25) is 0 Å². The van der Waals surface area contributed by atoms with Crippen LogP contribution in [-0.4, -0.2) is 16.7 Å². The van der Waals surface area contributed by atoms with Crippen molar-refractivity contribution in [2.75, 3.05) is 12.8 Å². The zero-order valence-corrected chi connectivity index (χ0v) is 12.7. The normalized spacial score (nSPS) is 11.2. The largest absolute Gasteiger partial charge is 0.383 e. The van der Waals surface area contributed by atoms with Crippen LogP contribution in [0.15, 0.2) is 24.3 Å². The van der Waals surface area contributed by atoms with Gasteiger partial charge in [0.25, 0.3) is 0 Å². The first kappa shape index (κ1) is 14.6. The second-order valence-corrected chi connectivity index (χ2v) is 5.21. The summed E-state index contributed by atoms with van der Waals surface area (Å²) in [6.45, 7) is 6.98. The minimum Gasteiger partial charge on any atom is -0.383 e. The number of nitrogens with zero attached hydrogens (tertiary/aromatic N) is 2. The van der Waals surface area contributed by atoms with E-state index in [4.69, 9.17) is 15.5 Å². The van der Waals surface area contributed by atoms with Gasteiger partial charge in [-0.1, -0.05) is 31.2 Å². The van der Waals surface area contributed by atoms with Gasteiger partial charge in [-0.15, -0.1) is 0 Å². The maximum atomic E-state index is 6.29. The Bertz CT molecular complexity index is 570. The fourth-order valence-corrected chi connectivity index (χ4v) is 2.46. The van der Waals surface area contributed by atoms with Gasteiger partial charge in [-0.05, 0) is 19.4 Å². The van der Waals surface area contributed by atoms with Gasteiger partial charge in [-0.25, -0.2) is 4.98 Å². The molecule has 0 radical (unpaired) electrons. The third kappa shape index (κ3) is 2.70. The van der Waals surface area contributed by atoms with Crippen LogP contribution in [0.25, 0.3) is 11.3 Å². The van der Waals surface area contributed by atoms with Crippen LogP contribution in [0, 0.1) is 0 Å². The zero-order valence-electron chi connectivity index (χ0n) is 12.7. The van der Waals surface area contributed by atoms with Crippen LogP contribution in [0.2, 0.25) is 0 Å². The Morgan fingerprint density at radius 3 is 2.35 bits per heavy atom. The molecule has 0 saturated carbocycles. The van der Waals surface area contributed by atoms with Gasteiger partial charge in [0, 0.05) is 25.1 Å². The number of hydrogen-bond acceptors (Lipinski definition) is 3. The van der Waals surface area contributed by atoms with Crippen molar-refractivity contribution in [2.24, 2.45) is 0 Å². The molecule has 0 aliphatic carbocycles. The molecule has 0 aliphatic heterocycles. The highest BCUT2D eigenvalue weighted by molar-refractivity contribution is 5.71. The number of rotatable bonds is 5. The Kier molecular flexibility index (Phi) is 4.45. The molecule has 0 fully saturated rings. The van der Waals surface area contributed by atoms with Gasteiger partial charge in [0.15, 0.2) is 0 Å². The highest BCUT2D eigenvalue weighted by Gasteiger charge is 2.16. The van der Waals surface area contributed by atoms with Gasteiger partial charge in [0.1, 0.15) is 17.3 Å². The lowest BCUT2D eigenvalue weighted by Gasteiger charge is -2.12. The lowest BCUT2D eigenvalue weighted by molar-refractivity contribution is 0.185. The molecule has 0 amide bonds. The molecule has 0 spiro atoms. The van der Waals surface area contributed by atoms with Gasteiger partial charge in [0.05, 0.1) is 6.61 Å². The second kappa shape index (κ2) is 6.09. The molecule has 1 aromatic heterocycles. The molecule has 0 atom stereocenters. The Labute approximate surface area is 120 Å². The van der Waals surface area contributed by atoms with Crippen molar-refractivity contribution in [1.29, 1.82) is 0 Å². The molecule has 108 valence electrons. The van der Waals surface area contributed by atoms with E-state index in [1.54, 1.807) is 7.11 Å². The van der Waals surface area contributed by atoms with Crippen LogP contribution < -0.4 is 5.73 Å². The zero-order chi connectivity index (χ0) is 14.7. The number of imidazole rings is 1. The summed E-state index contributed by atoms with van der Waals surface area (Å²) in [5, 5.41) is 0. The van der Waals surface area contributed by atoms with Crippen LogP contribution >= 0.6 is 0 Å². The lowest BCUT2D eigenvalue weighted by atomic mass is 10.1. The monoisotopic (exact) mass is 273 g/mol. The molecule has 1 heterocycles. The Hall–Kier alpha value is -1.81. The molecular weight excluding hydrogens is 250 g/mol. The molecule has 0 unspecified atom stereocenters. The van der Waals surface area contributed by atoms with Gasteiger partial charge in [-0.2, -0.15) is 0 Å². The van der Waals surface area contributed by atoms with Gasteiger partial charge < -0.3 is 15.0 Å². The molecular formula is C16H23N3O. The predicted octanol–water partition coefficient (Wildman–Crippen LogP) is 3.42. The summed E-state index contributed by atoms with van der Waals surface area (Å²) in [5.74, 6) is 1.78. The first-order chi connectivity index (χ1) is 9.58. The first-order valence-electron chi connectivity index (χ1n) is 7.03. The van der Waals surface area contributed by atoms with Crippen molar-refractivity contribution in [3.63, 3.8) is 0 Å². The SMILES string of the molecule is CCc1nc(-c2ccc(COC)cc2)c(N)n1C(C)C. The van der Waals surface area contributed by atoms with E-state index in [1.165, 1.54) is 0 Å². The summed E-state index contributed by atoms with van der Waals surface area (Å²) in [6, 6.07) is 8.53. The van der Waals surface area contributed by atoms with E-state index in [-0.39, 0.29) is 0 Å². The molecule has 2 N–H and O–H groups in total. The van der Waals surface area contributed by atoms with Crippen molar-refractivity contribution < 1.29 is 4.74 Å². The average molecular weight is 273 g/mol. The molecule has 0 saturated heterocycles. The van der Waals surface area contributed by atoms with E-state index in [2.05, 4.69) is 49.6 Å². The smallest absolute Gasteiger partial charge is 0.131 e. The molecule has 0 aliphatic rings. The summed E-state index contributed by atoms with van der Waals surface area (Å²) in [5.41, 5.74) is 9.36. The number of nitrogen functional groups attached to an aromatic ring is 1. The predicted molar refractivity (Wildman–Crippen MR) is 82.6 cm³/mol. The summed E-state index contributed by atoms with van der Waals surface area (Å²) >= 11 is 0. The van der Waals surface area contributed by atoms with E-state index in [9.17, 15) is 0 Å². The van der Waals surface area contributed by atoms with Gasteiger partial charge >= 0.3 is 0 Å². The summed E-state index contributed by atoms with van der Waals surface area (Å²) in [7, 11) is 1.70. The number of anilines is 1. The molecule has 2 aromatic rings. The number of benzene rings is 1. The van der Waals surface area contributed by atoms with Crippen LogP contribution in [0.5, 0.6) is 0 Å².